The normalized spacial score (nSPS) is 10.7. The largest absolute Gasteiger partial charge is 0.270 e. The van der Waals surface area contributed by atoms with Crippen molar-refractivity contribution in [2.75, 3.05) is 5.43 Å². The van der Waals surface area contributed by atoms with Gasteiger partial charge in [0.2, 0.25) is 0 Å². The number of hydrogen-bond donors (Lipinski definition) is 1. The Morgan fingerprint density at radius 3 is 2.85 bits per heavy atom. The van der Waals surface area contributed by atoms with Crippen LogP contribution in [0.5, 0.6) is 0 Å². The fourth-order valence-electron chi connectivity index (χ4n) is 1.38. The van der Waals surface area contributed by atoms with Gasteiger partial charge < -0.3 is 0 Å². The Bertz CT molecular complexity index is 676. The summed E-state index contributed by atoms with van der Waals surface area (Å²) < 4.78 is 0. The molecule has 0 aliphatic heterocycles. The van der Waals surface area contributed by atoms with E-state index in [4.69, 9.17) is 23.2 Å². The number of nitro benzene ring substituents is 1. The summed E-state index contributed by atoms with van der Waals surface area (Å²) >= 11 is 11.6. The minimum absolute atomic E-state index is 0.00315. The van der Waals surface area contributed by atoms with Gasteiger partial charge in [0.25, 0.3) is 5.69 Å². The first-order valence-electron chi connectivity index (χ1n) is 5.41. The standard InChI is InChI=1S/C12H8Cl2N4O2/c13-9-5-11(14)12(15-7-9)17-16-6-8-2-1-3-10(4-8)18(19)20/h1-7H,(H,15,17)/b16-6+. The van der Waals surface area contributed by atoms with Gasteiger partial charge in [-0.3, -0.25) is 15.5 Å². The summed E-state index contributed by atoms with van der Waals surface area (Å²) in [7, 11) is 0. The van der Waals surface area contributed by atoms with E-state index in [0.29, 0.717) is 21.4 Å². The zero-order chi connectivity index (χ0) is 14.5. The van der Waals surface area contributed by atoms with Crippen LogP contribution in [0.15, 0.2) is 41.6 Å². The van der Waals surface area contributed by atoms with Crippen LogP contribution in [0.3, 0.4) is 0 Å². The molecule has 1 aromatic carbocycles. The second-order valence-corrected chi connectivity index (χ2v) is 4.55. The van der Waals surface area contributed by atoms with E-state index in [1.807, 2.05) is 0 Å². The van der Waals surface area contributed by atoms with Crippen molar-refractivity contribution < 1.29 is 4.92 Å². The van der Waals surface area contributed by atoms with Crippen molar-refractivity contribution in [3.63, 3.8) is 0 Å². The third-order valence-electron chi connectivity index (χ3n) is 2.27. The molecule has 20 heavy (non-hydrogen) atoms. The highest BCUT2D eigenvalue weighted by molar-refractivity contribution is 6.35. The maximum absolute atomic E-state index is 10.6. The summed E-state index contributed by atoms with van der Waals surface area (Å²) in [4.78, 5) is 14.1. The minimum atomic E-state index is -0.470. The number of rotatable bonds is 4. The third kappa shape index (κ3) is 3.66. The van der Waals surface area contributed by atoms with Crippen LogP contribution >= 0.6 is 23.2 Å². The molecule has 2 aromatic rings. The van der Waals surface area contributed by atoms with E-state index >= 15 is 0 Å². The molecule has 0 amide bonds. The number of pyridine rings is 1. The van der Waals surface area contributed by atoms with Crippen LogP contribution < -0.4 is 5.43 Å². The molecule has 0 saturated carbocycles. The number of hydrogen-bond acceptors (Lipinski definition) is 5. The van der Waals surface area contributed by atoms with E-state index < -0.39 is 4.92 Å². The van der Waals surface area contributed by atoms with Crippen LogP contribution in [-0.2, 0) is 0 Å². The summed E-state index contributed by atoms with van der Waals surface area (Å²) in [6.07, 6.45) is 2.86. The average Bonchev–Trinajstić information content (AvgIpc) is 2.41. The molecule has 0 spiro atoms. The number of nitrogens with zero attached hydrogens (tertiary/aromatic N) is 3. The monoisotopic (exact) mass is 310 g/mol. The molecule has 1 heterocycles. The van der Waals surface area contributed by atoms with Crippen molar-refractivity contribution in [3.8, 4) is 0 Å². The molecule has 0 radical (unpaired) electrons. The maximum atomic E-state index is 10.6. The molecule has 1 aromatic heterocycles. The molecule has 8 heteroatoms. The summed E-state index contributed by atoms with van der Waals surface area (Å²) in [5.74, 6) is 0.345. The van der Waals surface area contributed by atoms with Crippen LogP contribution in [0.25, 0.3) is 0 Å². The molecule has 0 bridgehead atoms. The van der Waals surface area contributed by atoms with Crippen molar-refractivity contribution in [2.24, 2.45) is 5.10 Å². The van der Waals surface area contributed by atoms with Crippen molar-refractivity contribution >= 4 is 40.9 Å². The first kappa shape index (κ1) is 14.2. The number of halogens is 2. The van der Waals surface area contributed by atoms with Gasteiger partial charge in [0.15, 0.2) is 5.82 Å². The summed E-state index contributed by atoms with van der Waals surface area (Å²) in [5.41, 5.74) is 3.21. The maximum Gasteiger partial charge on any atom is 0.270 e. The van der Waals surface area contributed by atoms with Crippen molar-refractivity contribution in [1.29, 1.82) is 0 Å². The lowest BCUT2D eigenvalue weighted by atomic mass is 10.2. The molecule has 0 atom stereocenters. The lowest BCUT2D eigenvalue weighted by molar-refractivity contribution is -0.384. The second kappa shape index (κ2) is 6.31. The third-order valence-corrected chi connectivity index (χ3v) is 2.77. The van der Waals surface area contributed by atoms with Gasteiger partial charge in [-0.05, 0) is 6.07 Å². The average molecular weight is 311 g/mol. The zero-order valence-corrected chi connectivity index (χ0v) is 11.5. The Balaban J connectivity index is 2.10. The Kier molecular flexibility index (Phi) is 4.49. The minimum Gasteiger partial charge on any atom is -0.260 e. The van der Waals surface area contributed by atoms with Crippen molar-refractivity contribution in [1.82, 2.24) is 4.98 Å². The van der Waals surface area contributed by atoms with Crippen LogP contribution in [0.1, 0.15) is 5.56 Å². The van der Waals surface area contributed by atoms with E-state index in [9.17, 15) is 10.1 Å². The van der Waals surface area contributed by atoms with Gasteiger partial charge in [-0.2, -0.15) is 5.10 Å². The lowest BCUT2D eigenvalue weighted by Gasteiger charge is -2.01. The van der Waals surface area contributed by atoms with Crippen LogP contribution in [-0.4, -0.2) is 16.1 Å². The number of aromatic nitrogens is 1. The Labute approximate surface area is 124 Å². The molecular formula is C12H8Cl2N4O2. The Morgan fingerprint density at radius 2 is 2.15 bits per heavy atom. The summed E-state index contributed by atoms with van der Waals surface area (Å²) in [6.45, 7) is 0. The molecule has 2 rings (SSSR count). The van der Waals surface area contributed by atoms with E-state index in [1.165, 1.54) is 30.6 Å². The first-order chi connectivity index (χ1) is 9.56. The van der Waals surface area contributed by atoms with Gasteiger partial charge >= 0.3 is 0 Å². The van der Waals surface area contributed by atoms with Crippen LogP contribution in [0.4, 0.5) is 11.5 Å². The molecule has 102 valence electrons. The lowest BCUT2D eigenvalue weighted by Crippen LogP contribution is -1.95. The fourth-order valence-corrected chi connectivity index (χ4v) is 1.81. The van der Waals surface area contributed by atoms with Crippen LogP contribution in [0.2, 0.25) is 10.0 Å². The van der Waals surface area contributed by atoms with Crippen LogP contribution in [0, 0.1) is 10.1 Å². The Morgan fingerprint density at radius 1 is 1.35 bits per heavy atom. The fraction of sp³-hybridized carbons (Fsp3) is 0. The topological polar surface area (TPSA) is 80.4 Å². The summed E-state index contributed by atoms with van der Waals surface area (Å²) in [6, 6.07) is 7.61. The van der Waals surface area contributed by atoms with Gasteiger partial charge in [-0.1, -0.05) is 35.3 Å². The molecule has 0 fully saturated rings. The second-order valence-electron chi connectivity index (χ2n) is 3.71. The number of non-ortho nitro benzene ring substituents is 1. The summed E-state index contributed by atoms with van der Waals surface area (Å²) in [5, 5.41) is 15.3. The smallest absolute Gasteiger partial charge is 0.260 e. The van der Waals surface area contributed by atoms with Gasteiger partial charge in [0, 0.05) is 23.9 Å². The predicted octanol–water partition coefficient (Wildman–Crippen LogP) is 3.74. The molecular weight excluding hydrogens is 303 g/mol. The van der Waals surface area contributed by atoms with Crippen molar-refractivity contribution in [2.45, 2.75) is 0 Å². The number of hydrazone groups is 1. The zero-order valence-electron chi connectivity index (χ0n) is 9.96. The highest BCUT2D eigenvalue weighted by Crippen LogP contribution is 2.22. The number of nitro groups is 1. The van der Waals surface area contributed by atoms with E-state index in [0.717, 1.165) is 0 Å². The molecule has 0 aliphatic rings. The molecule has 0 unspecified atom stereocenters. The quantitative estimate of drug-likeness (QED) is 0.530. The van der Waals surface area contributed by atoms with E-state index in [-0.39, 0.29) is 5.69 Å². The highest BCUT2D eigenvalue weighted by atomic mass is 35.5. The first-order valence-corrected chi connectivity index (χ1v) is 6.16. The molecule has 6 nitrogen and oxygen atoms in total. The SMILES string of the molecule is O=[N+]([O-])c1cccc(/C=N/Nc2ncc(Cl)cc2Cl)c1. The van der Waals surface area contributed by atoms with Gasteiger partial charge in [-0.15, -0.1) is 0 Å². The van der Waals surface area contributed by atoms with Gasteiger partial charge in [0.1, 0.15) is 0 Å². The van der Waals surface area contributed by atoms with E-state index in [1.54, 1.807) is 12.1 Å². The van der Waals surface area contributed by atoms with Crippen molar-refractivity contribution in [3.05, 3.63) is 62.3 Å². The van der Waals surface area contributed by atoms with Gasteiger partial charge in [-0.25, -0.2) is 4.98 Å². The molecule has 0 saturated heterocycles. The Hall–Kier alpha value is -2.18. The number of nitrogens with one attached hydrogen (secondary N) is 1. The number of anilines is 1. The van der Waals surface area contributed by atoms with E-state index in [2.05, 4.69) is 15.5 Å². The molecule has 1 N–H and O–H groups in total. The number of benzene rings is 1. The van der Waals surface area contributed by atoms with Gasteiger partial charge in [0.05, 0.1) is 21.2 Å². The predicted molar refractivity (Wildman–Crippen MR) is 78.6 cm³/mol. The highest BCUT2D eigenvalue weighted by Gasteiger charge is 2.04. The molecule has 0 aliphatic carbocycles.